The van der Waals surface area contributed by atoms with Crippen molar-refractivity contribution in [3.8, 4) is 0 Å². The fourth-order valence-corrected chi connectivity index (χ4v) is 6.15. The summed E-state index contributed by atoms with van der Waals surface area (Å²) in [6, 6.07) is 36.0. The first-order valence-electron chi connectivity index (χ1n) is 16.9. The van der Waals surface area contributed by atoms with Crippen LogP contribution < -0.4 is 0 Å². The second-order valence-electron chi connectivity index (χ2n) is 13.0. The number of hydrogen-bond donors (Lipinski definition) is 0. The minimum Gasteiger partial charge on any atom is -0.297 e. The molecular weight excluding hydrogens is 560 g/mol. The Balaban J connectivity index is 1.36. The summed E-state index contributed by atoms with van der Waals surface area (Å²) in [5.41, 5.74) is 10.5. The van der Waals surface area contributed by atoms with Gasteiger partial charge in [-0.25, -0.2) is 0 Å². The van der Waals surface area contributed by atoms with Crippen molar-refractivity contribution >= 4 is 12.2 Å². The summed E-state index contributed by atoms with van der Waals surface area (Å²) in [5, 5.41) is 0. The van der Waals surface area contributed by atoms with E-state index < -0.39 is 0 Å². The third kappa shape index (κ3) is 10.6. The van der Waals surface area contributed by atoms with Gasteiger partial charge in [-0.2, -0.15) is 0 Å². The molecule has 0 spiro atoms. The molecule has 4 nitrogen and oxygen atoms in total. The maximum Gasteiger partial charge on any atom is 0.0234 e. The predicted molar refractivity (Wildman–Crippen MR) is 197 cm³/mol. The highest BCUT2D eigenvalue weighted by Crippen LogP contribution is 2.15. The van der Waals surface area contributed by atoms with Gasteiger partial charge in [0.2, 0.25) is 0 Å². The number of aryl methyl sites for hydroxylation is 2. The van der Waals surface area contributed by atoms with Crippen molar-refractivity contribution in [2.24, 2.45) is 0 Å². The monoisotopic (exact) mass is 612 g/mol. The highest BCUT2D eigenvalue weighted by atomic mass is 15.3. The third-order valence-electron chi connectivity index (χ3n) is 9.23. The van der Waals surface area contributed by atoms with Crippen molar-refractivity contribution < 1.29 is 0 Å². The van der Waals surface area contributed by atoms with E-state index in [0.717, 1.165) is 78.5 Å². The van der Waals surface area contributed by atoms with Crippen molar-refractivity contribution in [2.75, 3.05) is 52.4 Å². The summed E-state index contributed by atoms with van der Waals surface area (Å²) in [7, 11) is 0. The minimum atomic E-state index is 0.956. The van der Waals surface area contributed by atoms with Gasteiger partial charge in [0.1, 0.15) is 0 Å². The number of rotatable bonds is 10. The van der Waals surface area contributed by atoms with Crippen LogP contribution in [-0.2, 0) is 26.2 Å². The Kier molecular flexibility index (Phi) is 12.6. The van der Waals surface area contributed by atoms with Crippen molar-refractivity contribution in [3.63, 3.8) is 0 Å². The fraction of sp³-hybridized carbons (Fsp3) is 0.333. The normalized spacial score (nSPS) is 16.4. The Bertz CT molecular complexity index is 1370. The van der Waals surface area contributed by atoms with E-state index in [9.17, 15) is 0 Å². The molecular formula is C42H52N4. The summed E-state index contributed by atoms with van der Waals surface area (Å²) < 4.78 is 0. The second kappa shape index (κ2) is 17.2. The molecule has 1 fully saturated rings. The zero-order valence-electron chi connectivity index (χ0n) is 28.1. The van der Waals surface area contributed by atoms with E-state index >= 15 is 0 Å². The maximum atomic E-state index is 3.94. The molecule has 4 aromatic carbocycles. The van der Waals surface area contributed by atoms with E-state index in [0.29, 0.717) is 0 Å². The standard InChI is InChI=1S/C42H52N4/c1-5-37-15-19-41(20-16-37)33-45-27-25-43(31-39-11-7-35(3)8-12-39)23-24-44(32-40-13-9-36(4)10-14-40)26-28-46(30-29-45)34-42-21-17-38(6-2)18-22-42/h5-22H,1-2,23-34H2,3-4H3. The second-order valence-corrected chi connectivity index (χ2v) is 13.0. The molecule has 0 radical (unpaired) electrons. The summed E-state index contributed by atoms with van der Waals surface area (Å²) in [5.74, 6) is 0. The van der Waals surface area contributed by atoms with Crippen LogP contribution in [0.4, 0.5) is 0 Å². The first-order chi connectivity index (χ1) is 22.4. The first-order valence-corrected chi connectivity index (χ1v) is 16.9. The molecule has 0 saturated carbocycles. The van der Waals surface area contributed by atoms with Crippen LogP contribution in [0.25, 0.3) is 12.2 Å². The molecule has 0 bridgehead atoms. The molecule has 4 aromatic rings. The highest BCUT2D eigenvalue weighted by molar-refractivity contribution is 5.47. The highest BCUT2D eigenvalue weighted by Gasteiger charge is 2.18. The van der Waals surface area contributed by atoms with Gasteiger partial charge in [0.05, 0.1) is 0 Å². The third-order valence-corrected chi connectivity index (χ3v) is 9.23. The fourth-order valence-electron chi connectivity index (χ4n) is 6.15. The van der Waals surface area contributed by atoms with Gasteiger partial charge in [-0.3, -0.25) is 19.6 Å². The molecule has 0 aliphatic carbocycles. The maximum absolute atomic E-state index is 3.94. The minimum absolute atomic E-state index is 0.956. The topological polar surface area (TPSA) is 13.0 Å². The Morgan fingerprint density at radius 1 is 0.391 bits per heavy atom. The molecule has 1 aliphatic heterocycles. The average Bonchev–Trinajstić information content (AvgIpc) is 3.08. The molecule has 0 atom stereocenters. The van der Waals surface area contributed by atoms with Crippen LogP contribution in [0.3, 0.4) is 0 Å². The number of benzene rings is 4. The van der Waals surface area contributed by atoms with E-state index in [4.69, 9.17) is 0 Å². The SMILES string of the molecule is C=Cc1ccc(CN2CCN(Cc3ccc(C)cc3)CCN(Cc3ccc(C)cc3)CCN(Cc3ccc(C=C)cc3)CC2)cc1. The molecule has 1 heterocycles. The van der Waals surface area contributed by atoms with E-state index in [1.807, 2.05) is 12.2 Å². The van der Waals surface area contributed by atoms with E-state index in [-0.39, 0.29) is 0 Å². The Morgan fingerprint density at radius 2 is 0.609 bits per heavy atom. The van der Waals surface area contributed by atoms with Gasteiger partial charge >= 0.3 is 0 Å². The number of nitrogens with zero attached hydrogens (tertiary/aromatic N) is 4. The molecule has 46 heavy (non-hydrogen) atoms. The van der Waals surface area contributed by atoms with Gasteiger partial charge in [-0.05, 0) is 47.2 Å². The van der Waals surface area contributed by atoms with Gasteiger partial charge in [0.25, 0.3) is 0 Å². The van der Waals surface area contributed by atoms with Crippen molar-refractivity contribution in [2.45, 2.75) is 40.0 Å². The van der Waals surface area contributed by atoms with E-state index in [2.05, 4.69) is 144 Å². The molecule has 0 unspecified atom stereocenters. The Morgan fingerprint density at radius 3 is 0.826 bits per heavy atom. The van der Waals surface area contributed by atoms with Crippen molar-refractivity contribution in [3.05, 3.63) is 155 Å². The van der Waals surface area contributed by atoms with Gasteiger partial charge in [0.15, 0.2) is 0 Å². The Labute approximate surface area is 278 Å². The van der Waals surface area contributed by atoms with Crippen molar-refractivity contribution in [1.29, 1.82) is 0 Å². The number of hydrogen-bond acceptors (Lipinski definition) is 4. The average molecular weight is 613 g/mol. The molecule has 1 saturated heterocycles. The lowest BCUT2D eigenvalue weighted by atomic mass is 10.1. The van der Waals surface area contributed by atoms with Crippen LogP contribution in [0.5, 0.6) is 0 Å². The van der Waals surface area contributed by atoms with Crippen LogP contribution >= 0.6 is 0 Å². The van der Waals surface area contributed by atoms with E-state index in [1.165, 1.54) is 44.5 Å². The Hall–Kier alpha value is -3.80. The first kappa shape index (κ1) is 33.6. The summed E-state index contributed by atoms with van der Waals surface area (Å²) >= 11 is 0. The molecule has 0 aromatic heterocycles. The molecule has 0 amide bonds. The van der Waals surface area contributed by atoms with Crippen LogP contribution in [0.15, 0.2) is 110 Å². The van der Waals surface area contributed by atoms with Crippen LogP contribution in [-0.4, -0.2) is 72.0 Å². The summed E-state index contributed by atoms with van der Waals surface area (Å²) in [6.07, 6.45) is 3.84. The lowest BCUT2D eigenvalue weighted by Crippen LogP contribution is -2.45. The quantitative estimate of drug-likeness (QED) is 0.180. The summed E-state index contributed by atoms with van der Waals surface area (Å²) in [4.78, 5) is 10.7. The van der Waals surface area contributed by atoms with Gasteiger partial charge in [-0.1, -0.05) is 133 Å². The van der Waals surface area contributed by atoms with Gasteiger partial charge < -0.3 is 0 Å². The largest absolute Gasteiger partial charge is 0.297 e. The predicted octanol–water partition coefficient (Wildman–Crippen LogP) is 7.91. The zero-order valence-corrected chi connectivity index (χ0v) is 28.1. The molecule has 1 aliphatic rings. The van der Waals surface area contributed by atoms with E-state index in [1.54, 1.807) is 0 Å². The smallest absolute Gasteiger partial charge is 0.0234 e. The lowest BCUT2D eigenvalue weighted by molar-refractivity contribution is 0.122. The van der Waals surface area contributed by atoms with Crippen LogP contribution in [0.2, 0.25) is 0 Å². The molecule has 240 valence electrons. The lowest BCUT2D eigenvalue weighted by Gasteiger charge is -2.34. The van der Waals surface area contributed by atoms with Crippen LogP contribution in [0.1, 0.15) is 44.5 Å². The van der Waals surface area contributed by atoms with Crippen LogP contribution in [0, 0.1) is 13.8 Å². The zero-order chi connectivity index (χ0) is 32.1. The van der Waals surface area contributed by atoms with Crippen molar-refractivity contribution in [1.82, 2.24) is 19.6 Å². The summed E-state index contributed by atoms with van der Waals surface area (Å²) in [6.45, 7) is 24.4. The molecule has 5 rings (SSSR count). The molecule has 4 heteroatoms. The van der Waals surface area contributed by atoms with Gasteiger partial charge in [-0.15, -0.1) is 0 Å². The molecule has 0 N–H and O–H groups in total. The van der Waals surface area contributed by atoms with Gasteiger partial charge in [0, 0.05) is 78.5 Å².